The molecule has 4 heteroatoms. The minimum absolute atomic E-state index is 0.0831. The van der Waals surface area contributed by atoms with E-state index in [4.69, 9.17) is 5.73 Å². The third-order valence-electron chi connectivity index (χ3n) is 2.82. The zero-order chi connectivity index (χ0) is 10.6. The highest BCUT2D eigenvalue weighted by molar-refractivity contribution is 5.80. The Morgan fingerprint density at radius 3 is 2.79 bits per heavy atom. The summed E-state index contributed by atoms with van der Waals surface area (Å²) in [6.07, 6.45) is 2.31. The Hall–Kier alpha value is -0.610. The molecule has 0 aromatic rings. The van der Waals surface area contributed by atoms with Gasteiger partial charge in [-0.1, -0.05) is 13.3 Å². The Kier molecular flexibility index (Phi) is 4.35. The van der Waals surface area contributed by atoms with Gasteiger partial charge in [-0.15, -0.1) is 0 Å². The van der Waals surface area contributed by atoms with Gasteiger partial charge in [-0.2, -0.15) is 0 Å². The van der Waals surface area contributed by atoms with E-state index in [2.05, 4.69) is 16.7 Å². The third-order valence-corrected chi connectivity index (χ3v) is 2.82. The van der Waals surface area contributed by atoms with Crippen LogP contribution in [0.5, 0.6) is 0 Å². The first-order valence-electron chi connectivity index (χ1n) is 5.37. The molecule has 1 fully saturated rings. The monoisotopic (exact) mass is 199 g/mol. The minimum atomic E-state index is -0.187. The van der Waals surface area contributed by atoms with Crippen molar-refractivity contribution >= 4 is 5.91 Å². The second-order valence-electron chi connectivity index (χ2n) is 4.07. The summed E-state index contributed by atoms with van der Waals surface area (Å²) in [6, 6.07) is -0.0831. The number of carbonyl (C=O) groups excluding carboxylic acids is 1. The number of hydrogen-bond acceptors (Lipinski definition) is 3. The van der Waals surface area contributed by atoms with Crippen LogP contribution in [-0.2, 0) is 4.79 Å². The van der Waals surface area contributed by atoms with E-state index in [0.29, 0.717) is 0 Å². The fourth-order valence-electron chi connectivity index (χ4n) is 1.86. The minimum Gasteiger partial charge on any atom is -0.368 e. The quantitative estimate of drug-likeness (QED) is 0.687. The maximum absolute atomic E-state index is 11.2. The van der Waals surface area contributed by atoms with E-state index < -0.39 is 0 Å². The summed E-state index contributed by atoms with van der Waals surface area (Å²) in [6.45, 7) is 5.93. The van der Waals surface area contributed by atoms with Gasteiger partial charge in [0.15, 0.2) is 0 Å². The van der Waals surface area contributed by atoms with E-state index in [-0.39, 0.29) is 11.9 Å². The molecule has 0 radical (unpaired) electrons. The highest BCUT2D eigenvalue weighted by Crippen LogP contribution is 2.09. The summed E-state index contributed by atoms with van der Waals surface area (Å²) in [7, 11) is 2.03. The van der Waals surface area contributed by atoms with E-state index in [1.807, 2.05) is 7.05 Å². The molecule has 1 saturated heterocycles. The molecule has 1 rings (SSSR count). The van der Waals surface area contributed by atoms with Crippen molar-refractivity contribution in [2.45, 2.75) is 25.8 Å². The molecular weight excluding hydrogens is 178 g/mol. The average Bonchev–Trinajstić information content (AvgIpc) is 2.15. The highest BCUT2D eigenvalue weighted by Gasteiger charge is 2.28. The molecule has 1 amide bonds. The summed E-state index contributed by atoms with van der Waals surface area (Å²) >= 11 is 0. The molecule has 0 saturated carbocycles. The summed E-state index contributed by atoms with van der Waals surface area (Å²) in [5.74, 6) is -0.187. The largest absolute Gasteiger partial charge is 0.368 e. The van der Waals surface area contributed by atoms with Crippen LogP contribution in [0.15, 0.2) is 0 Å². The summed E-state index contributed by atoms with van der Waals surface area (Å²) in [5.41, 5.74) is 5.38. The van der Waals surface area contributed by atoms with Gasteiger partial charge in [-0.05, 0) is 20.0 Å². The lowest BCUT2D eigenvalue weighted by Crippen LogP contribution is -2.57. The van der Waals surface area contributed by atoms with Crippen LogP contribution in [0.4, 0.5) is 0 Å². The molecule has 0 aromatic carbocycles. The summed E-state index contributed by atoms with van der Waals surface area (Å²) < 4.78 is 0. The molecule has 1 heterocycles. The molecule has 1 atom stereocenters. The lowest BCUT2D eigenvalue weighted by atomic mass is 10.1. The Labute approximate surface area is 86.0 Å². The third kappa shape index (κ3) is 2.96. The van der Waals surface area contributed by atoms with Gasteiger partial charge in [0.2, 0.25) is 5.91 Å². The number of rotatable bonds is 4. The number of piperazine rings is 1. The molecule has 0 spiro atoms. The standard InChI is InChI=1S/C10H21N3O/c1-3-4-5-13-7-6-12(2)8-9(13)10(11)14/h9H,3-8H2,1-2H3,(H2,11,14)/t9-/m1/s1. The van der Waals surface area contributed by atoms with Crippen molar-refractivity contribution in [1.29, 1.82) is 0 Å². The van der Waals surface area contributed by atoms with Crippen LogP contribution in [0.3, 0.4) is 0 Å². The molecule has 14 heavy (non-hydrogen) atoms. The molecule has 1 aliphatic heterocycles. The van der Waals surface area contributed by atoms with Crippen molar-refractivity contribution in [3.8, 4) is 0 Å². The molecule has 1 aliphatic rings. The number of nitrogens with zero attached hydrogens (tertiary/aromatic N) is 2. The smallest absolute Gasteiger partial charge is 0.236 e. The van der Waals surface area contributed by atoms with Crippen molar-refractivity contribution < 1.29 is 4.79 Å². The number of nitrogens with two attached hydrogens (primary N) is 1. The Balaban J connectivity index is 2.49. The van der Waals surface area contributed by atoms with Crippen molar-refractivity contribution in [3.05, 3.63) is 0 Å². The Morgan fingerprint density at radius 2 is 2.21 bits per heavy atom. The van der Waals surface area contributed by atoms with Gasteiger partial charge >= 0.3 is 0 Å². The maximum atomic E-state index is 11.2. The van der Waals surface area contributed by atoms with Gasteiger partial charge in [-0.25, -0.2) is 0 Å². The van der Waals surface area contributed by atoms with Gasteiger partial charge in [0, 0.05) is 19.6 Å². The first-order valence-corrected chi connectivity index (χ1v) is 5.37. The van der Waals surface area contributed by atoms with Crippen LogP contribution in [-0.4, -0.2) is 55.0 Å². The van der Waals surface area contributed by atoms with Crippen molar-refractivity contribution in [2.24, 2.45) is 5.73 Å². The van der Waals surface area contributed by atoms with E-state index >= 15 is 0 Å². The number of carbonyl (C=O) groups is 1. The van der Waals surface area contributed by atoms with Crippen LogP contribution in [0.1, 0.15) is 19.8 Å². The Morgan fingerprint density at radius 1 is 1.50 bits per heavy atom. The lowest BCUT2D eigenvalue weighted by Gasteiger charge is -2.38. The van der Waals surface area contributed by atoms with Gasteiger partial charge in [0.25, 0.3) is 0 Å². The van der Waals surface area contributed by atoms with E-state index in [0.717, 1.165) is 39.0 Å². The van der Waals surface area contributed by atoms with E-state index in [1.165, 1.54) is 0 Å². The molecule has 0 aliphatic carbocycles. The second-order valence-corrected chi connectivity index (χ2v) is 4.07. The maximum Gasteiger partial charge on any atom is 0.236 e. The first-order chi connectivity index (χ1) is 6.65. The molecule has 4 nitrogen and oxygen atoms in total. The van der Waals surface area contributed by atoms with Crippen molar-refractivity contribution in [3.63, 3.8) is 0 Å². The molecule has 0 aromatic heterocycles. The van der Waals surface area contributed by atoms with Crippen LogP contribution >= 0.6 is 0 Å². The fraction of sp³-hybridized carbons (Fsp3) is 0.900. The molecule has 82 valence electrons. The summed E-state index contributed by atoms with van der Waals surface area (Å²) in [5, 5.41) is 0. The van der Waals surface area contributed by atoms with E-state index in [9.17, 15) is 4.79 Å². The van der Waals surface area contributed by atoms with Crippen LogP contribution in [0.2, 0.25) is 0 Å². The van der Waals surface area contributed by atoms with Gasteiger partial charge in [-0.3, -0.25) is 9.69 Å². The van der Waals surface area contributed by atoms with Gasteiger partial charge in [0.1, 0.15) is 6.04 Å². The number of hydrogen-bond donors (Lipinski definition) is 1. The normalized spacial score (nSPS) is 25.1. The topological polar surface area (TPSA) is 49.6 Å². The molecular formula is C10H21N3O. The van der Waals surface area contributed by atoms with Gasteiger partial charge in [0.05, 0.1) is 0 Å². The van der Waals surface area contributed by atoms with Gasteiger partial charge < -0.3 is 10.6 Å². The summed E-state index contributed by atoms with van der Waals surface area (Å²) in [4.78, 5) is 15.6. The molecule has 0 bridgehead atoms. The molecule has 2 N–H and O–H groups in total. The SMILES string of the molecule is CCCCN1CCN(C)C[C@@H]1C(N)=O. The average molecular weight is 199 g/mol. The van der Waals surface area contributed by atoms with Crippen molar-refractivity contribution in [1.82, 2.24) is 9.80 Å². The second kappa shape index (κ2) is 5.32. The van der Waals surface area contributed by atoms with Crippen LogP contribution in [0, 0.1) is 0 Å². The van der Waals surface area contributed by atoms with Crippen molar-refractivity contribution in [2.75, 3.05) is 33.2 Å². The first kappa shape index (κ1) is 11.5. The zero-order valence-corrected chi connectivity index (χ0v) is 9.20. The number of likely N-dealkylation sites (N-methyl/N-ethyl adjacent to an activating group) is 1. The van der Waals surface area contributed by atoms with Crippen LogP contribution in [0.25, 0.3) is 0 Å². The number of amides is 1. The van der Waals surface area contributed by atoms with Crippen LogP contribution < -0.4 is 5.73 Å². The molecule has 0 unspecified atom stereocenters. The highest BCUT2D eigenvalue weighted by atomic mass is 16.1. The Bertz CT molecular complexity index is 194. The number of primary amides is 1. The fourth-order valence-corrected chi connectivity index (χ4v) is 1.86. The lowest BCUT2D eigenvalue weighted by molar-refractivity contribution is -0.125. The predicted molar refractivity (Wildman–Crippen MR) is 57.0 cm³/mol. The predicted octanol–water partition coefficient (Wildman–Crippen LogP) is -0.112. The van der Waals surface area contributed by atoms with E-state index in [1.54, 1.807) is 0 Å². The zero-order valence-electron chi connectivity index (χ0n) is 9.20. The number of unbranched alkanes of at least 4 members (excludes halogenated alkanes) is 1.